The first-order valence-electron chi connectivity index (χ1n) is 4.11. The van der Waals surface area contributed by atoms with Gasteiger partial charge in [0, 0.05) is 12.7 Å². The number of rotatable bonds is 4. The van der Waals surface area contributed by atoms with Crippen LogP contribution in [-0.2, 0) is 4.79 Å². The molecule has 0 unspecified atom stereocenters. The van der Waals surface area contributed by atoms with E-state index in [4.69, 9.17) is 0 Å². The molecular formula is C10H12OS2. The lowest BCUT2D eigenvalue weighted by Gasteiger charge is -1.90. The highest BCUT2D eigenvalue weighted by atomic mass is 32.2. The van der Waals surface area contributed by atoms with Gasteiger partial charge in [-0.25, -0.2) is 0 Å². The van der Waals surface area contributed by atoms with Crippen molar-refractivity contribution in [1.29, 1.82) is 0 Å². The Morgan fingerprint density at radius 2 is 2.54 bits per heavy atom. The van der Waals surface area contributed by atoms with Crippen molar-refractivity contribution >= 4 is 34.3 Å². The molecule has 1 rings (SSSR count). The van der Waals surface area contributed by atoms with Crippen LogP contribution in [0.15, 0.2) is 22.9 Å². The van der Waals surface area contributed by atoms with E-state index in [1.807, 2.05) is 0 Å². The van der Waals surface area contributed by atoms with Crippen molar-refractivity contribution in [2.75, 3.05) is 5.75 Å². The van der Waals surface area contributed by atoms with Gasteiger partial charge in [0.25, 0.3) is 0 Å². The number of allylic oxidation sites excluding steroid dienone is 1. The van der Waals surface area contributed by atoms with Crippen molar-refractivity contribution in [2.45, 2.75) is 13.3 Å². The normalized spacial score (nSPS) is 10.8. The van der Waals surface area contributed by atoms with E-state index in [-0.39, 0.29) is 5.12 Å². The molecule has 1 aromatic rings. The molecule has 1 nitrogen and oxygen atoms in total. The molecule has 1 heterocycles. The van der Waals surface area contributed by atoms with Crippen molar-refractivity contribution in [3.8, 4) is 0 Å². The van der Waals surface area contributed by atoms with Crippen LogP contribution in [0.1, 0.15) is 18.9 Å². The molecule has 70 valence electrons. The maximum Gasteiger partial charge on any atom is 0.185 e. The first kappa shape index (κ1) is 10.5. The smallest absolute Gasteiger partial charge is 0.185 e. The van der Waals surface area contributed by atoms with Crippen LogP contribution in [0, 0.1) is 0 Å². The molecule has 0 aromatic carbocycles. The molecule has 0 N–H and O–H groups in total. The fourth-order valence-corrected chi connectivity index (χ4v) is 2.03. The monoisotopic (exact) mass is 212 g/mol. The Bertz CT molecular complexity index is 275. The third-order valence-corrected chi connectivity index (χ3v) is 2.99. The molecule has 13 heavy (non-hydrogen) atoms. The molecular weight excluding hydrogens is 200 g/mol. The van der Waals surface area contributed by atoms with Gasteiger partial charge in [0.05, 0.1) is 0 Å². The highest BCUT2D eigenvalue weighted by Crippen LogP contribution is 2.09. The molecule has 0 atom stereocenters. The molecule has 0 amide bonds. The van der Waals surface area contributed by atoms with Gasteiger partial charge in [-0.2, -0.15) is 11.3 Å². The summed E-state index contributed by atoms with van der Waals surface area (Å²) < 4.78 is 0. The van der Waals surface area contributed by atoms with Crippen LogP contribution in [0.5, 0.6) is 0 Å². The van der Waals surface area contributed by atoms with E-state index in [1.165, 1.54) is 17.3 Å². The Kier molecular flexibility index (Phi) is 4.86. The summed E-state index contributed by atoms with van der Waals surface area (Å²) in [6.45, 7) is 1.60. The Hall–Kier alpha value is -0.540. The molecule has 0 radical (unpaired) electrons. The second-order valence-electron chi connectivity index (χ2n) is 2.59. The summed E-state index contributed by atoms with van der Waals surface area (Å²) >= 11 is 3.08. The lowest BCUT2D eigenvalue weighted by Crippen LogP contribution is -1.83. The lowest BCUT2D eigenvalue weighted by molar-refractivity contribution is -0.109. The largest absolute Gasteiger partial charge is 0.288 e. The van der Waals surface area contributed by atoms with Gasteiger partial charge in [-0.15, -0.1) is 0 Å². The van der Waals surface area contributed by atoms with E-state index in [0.717, 1.165) is 12.2 Å². The number of thiophene rings is 1. The van der Waals surface area contributed by atoms with Gasteiger partial charge in [0.15, 0.2) is 5.12 Å². The molecule has 0 aliphatic rings. The van der Waals surface area contributed by atoms with Crippen molar-refractivity contribution in [2.24, 2.45) is 0 Å². The summed E-state index contributed by atoms with van der Waals surface area (Å²) in [7, 11) is 0. The van der Waals surface area contributed by atoms with Gasteiger partial charge in [-0.3, -0.25) is 4.79 Å². The van der Waals surface area contributed by atoms with E-state index < -0.39 is 0 Å². The topological polar surface area (TPSA) is 17.1 Å². The molecule has 0 fully saturated rings. The average Bonchev–Trinajstić information content (AvgIpc) is 2.55. The number of carbonyl (C=O) groups is 1. The van der Waals surface area contributed by atoms with Gasteiger partial charge >= 0.3 is 0 Å². The minimum absolute atomic E-state index is 0.198. The zero-order valence-corrected chi connectivity index (χ0v) is 9.16. The van der Waals surface area contributed by atoms with Gasteiger partial charge in [0.1, 0.15) is 0 Å². The Morgan fingerprint density at radius 3 is 3.15 bits per heavy atom. The first-order chi connectivity index (χ1) is 6.29. The summed E-state index contributed by atoms with van der Waals surface area (Å²) in [5, 5.41) is 4.36. The third kappa shape index (κ3) is 4.90. The number of hydrogen-bond donors (Lipinski definition) is 0. The summed E-state index contributed by atoms with van der Waals surface area (Å²) in [4.78, 5) is 10.6. The van der Waals surface area contributed by atoms with Crippen molar-refractivity contribution in [3.05, 3.63) is 28.5 Å². The summed E-state index contributed by atoms with van der Waals surface area (Å²) in [5.41, 5.74) is 1.25. The van der Waals surface area contributed by atoms with Crippen LogP contribution in [0.4, 0.5) is 0 Å². The van der Waals surface area contributed by atoms with Gasteiger partial charge in [-0.1, -0.05) is 23.9 Å². The van der Waals surface area contributed by atoms with Crippen molar-refractivity contribution < 1.29 is 4.79 Å². The predicted octanol–water partition coefficient (Wildman–Crippen LogP) is 3.43. The number of hydrogen-bond acceptors (Lipinski definition) is 3. The van der Waals surface area contributed by atoms with Crippen LogP contribution >= 0.6 is 23.1 Å². The molecule has 1 aromatic heterocycles. The second-order valence-corrected chi connectivity index (χ2v) is 4.64. The van der Waals surface area contributed by atoms with Crippen LogP contribution in [0.25, 0.3) is 6.08 Å². The van der Waals surface area contributed by atoms with E-state index in [1.54, 1.807) is 18.3 Å². The second kappa shape index (κ2) is 6.00. The van der Waals surface area contributed by atoms with Crippen molar-refractivity contribution in [3.63, 3.8) is 0 Å². The molecule has 0 spiro atoms. The minimum atomic E-state index is 0.198. The van der Waals surface area contributed by atoms with Crippen LogP contribution in [0.2, 0.25) is 0 Å². The van der Waals surface area contributed by atoms with E-state index in [2.05, 4.69) is 29.0 Å². The van der Waals surface area contributed by atoms with E-state index in [0.29, 0.717) is 0 Å². The predicted molar refractivity (Wildman–Crippen MR) is 61.1 cm³/mol. The van der Waals surface area contributed by atoms with Crippen LogP contribution < -0.4 is 0 Å². The average molecular weight is 212 g/mol. The summed E-state index contributed by atoms with van der Waals surface area (Å²) in [5.74, 6) is 0.885. The highest BCUT2D eigenvalue weighted by molar-refractivity contribution is 8.13. The van der Waals surface area contributed by atoms with Gasteiger partial charge in [-0.05, 0) is 28.8 Å². The molecule has 0 saturated carbocycles. The zero-order valence-electron chi connectivity index (χ0n) is 7.53. The van der Waals surface area contributed by atoms with Gasteiger partial charge in [0.2, 0.25) is 0 Å². The van der Waals surface area contributed by atoms with E-state index in [9.17, 15) is 4.79 Å². The van der Waals surface area contributed by atoms with Crippen LogP contribution in [-0.4, -0.2) is 10.9 Å². The van der Waals surface area contributed by atoms with Crippen LogP contribution in [0.3, 0.4) is 0 Å². The van der Waals surface area contributed by atoms with Gasteiger partial charge < -0.3 is 0 Å². The molecule has 3 heteroatoms. The lowest BCUT2D eigenvalue weighted by atomic mass is 10.3. The Labute approximate surface area is 86.9 Å². The van der Waals surface area contributed by atoms with E-state index >= 15 is 0 Å². The fraction of sp³-hybridized carbons (Fsp3) is 0.300. The maximum atomic E-state index is 10.6. The highest BCUT2D eigenvalue weighted by Gasteiger charge is 1.90. The fourth-order valence-electron chi connectivity index (χ4n) is 0.860. The maximum absolute atomic E-state index is 10.6. The Balaban J connectivity index is 2.16. The Morgan fingerprint density at radius 1 is 1.69 bits per heavy atom. The van der Waals surface area contributed by atoms with Crippen molar-refractivity contribution in [1.82, 2.24) is 0 Å². The summed E-state index contributed by atoms with van der Waals surface area (Å²) in [6.07, 6.45) is 5.16. The quantitative estimate of drug-likeness (QED) is 0.711. The third-order valence-electron chi connectivity index (χ3n) is 1.44. The molecule has 0 saturated heterocycles. The molecule has 0 aliphatic heterocycles. The first-order valence-corrected chi connectivity index (χ1v) is 6.04. The number of carbonyl (C=O) groups excluding carboxylic acids is 1. The number of thioether (sulfide) groups is 1. The molecule has 0 bridgehead atoms. The molecule has 0 aliphatic carbocycles. The SMILES string of the molecule is CC(=O)SCCC=Cc1ccsc1. The minimum Gasteiger partial charge on any atom is -0.288 e. The standard InChI is InChI=1S/C10H12OS2/c1-9(11)13-6-3-2-4-10-5-7-12-8-10/h2,4-5,7-8H,3,6H2,1H3. The zero-order chi connectivity index (χ0) is 9.52. The summed E-state index contributed by atoms with van der Waals surface area (Å²) in [6, 6.07) is 2.08.